The highest BCUT2D eigenvalue weighted by molar-refractivity contribution is 6.03. The molecule has 5 heteroatoms. The van der Waals surface area contributed by atoms with Crippen LogP contribution in [-0.2, 0) is 0 Å². The Hall–Kier alpha value is -2.43. The van der Waals surface area contributed by atoms with Crippen LogP contribution in [0.25, 0.3) is 0 Å². The third kappa shape index (κ3) is 3.04. The summed E-state index contributed by atoms with van der Waals surface area (Å²) >= 11 is 0. The summed E-state index contributed by atoms with van der Waals surface area (Å²) in [6.45, 7) is 2.74. The maximum atomic E-state index is 11.9. The van der Waals surface area contributed by atoms with Crippen LogP contribution in [0.15, 0.2) is 42.7 Å². The molecule has 0 unspecified atom stereocenters. The van der Waals surface area contributed by atoms with E-state index in [0.29, 0.717) is 17.2 Å². The van der Waals surface area contributed by atoms with Gasteiger partial charge >= 0.3 is 0 Å². The van der Waals surface area contributed by atoms with Crippen LogP contribution in [-0.4, -0.2) is 22.4 Å². The van der Waals surface area contributed by atoms with E-state index in [4.69, 9.17) is 0 Å². The Morgan fingerprint density at radius 3 is 2.72 bits per heavy atom. The molecular formula is C13H14N4O. The topological polar surface area (TPSA) is 66.9 Å². The normalized spacial score (nSPS) is 9.83. The predicted molar refractivity (Wildman–Crippen MR) is 70.6 cm³/mol. The van der Waals surface area contributed by atoms with Gasteiger partial charge in [-0.15, -0.1) is 0 Å². The first-order valence-corrected chi connectivity index (χ1v) is 5.72. The number of hydrogen-bond donors (Lipinski definition) is 2. The van der Waals surface area contributed by atoms with Crippen molar-refractivity contribution in [3.05, 3.63) is 48.4 Å². The number of aromatic nitrogens is 2. The summed E-state index contributed by atoms with van der Waals surface area (Å²) in [5, 5.41) is 5.82. The number of pyridine rings is 2. The monoisotopic (exact) mass is 242 g/mol. The van der Waals surface area contributed by atoms with E-state index in [0.717, 1.165) is 6.54 Å². The highest BCUT2D eigenvalue weighted by Gasteiger charge is 2.07. The first-order chi connectivity index (χ1) is 8.79. The molecule has 0 aromatic carbocycles. The fraction of sp³-hybridized carbons (Fsp3) is 0.154. The van der Waals surface area contributed by atoms with Crippen molar-refractivity contribution >= 4 is 17.4 Å². The van der Waals surface area contributed by atoms with E-state index >= 15 is 0 Å². The third-order valence-electron chi connectivity index (χ3n) is 2.28. The molecule has 0 bridgehead atoms. The average molecular weight is 242 g/mol. The summed E-state index contributed by atoms with van der Waals surface area (Å²) < 4.78 is 0. The molecule has 0 fully saturated rings. The molecule has 0 radical (unpaired) electrons. The van der Waals surface area contributed by atoms with Crippen LogP contribution in [0.1, 0.15) is 17.4 Å². The lowest BCUT2D eigenvalue weighted by Gasteiger charge is -2.06. The molecule has 2 aromatic rings. The summed E-state index contributed by atoms with van der Waals surface area (Å²) in [7, 11) is 0. The van der Waals surface area contributed by atoms with Crippen LogP contribution in [0.3, 0.4) is 0 Å². The minimum absolute atomic E-state index is 0.235. The first kappa shape index (κ1) is 12.0. The van der Waals surface area contributed by atoms with Gasteiger partial charge in [-0.2, -0.15) is 0 Å². The predicted octanol–water partition coefficient (Wildman–Crippen LogP) is 2.16. The first-order valence-electron chi connectivity index (χ1n) is 5.72. The van der Waals surface area contributed by atoms with Gasteiger partial charge in [0, 0.05) is 24.6 Å². The molecule has 0 aliphatic carbocycles. The van der Waals surface area contributed by atoms with Crippen LogP contribution >= 0.6 is 0 Å². The Balaban J connectivity index is 2.11. The van der Waals surface area contributed by atoms with Gasteiger partial charge in [0.25, 0.3) is 5.91 Å². The molecule has 0 spiro atoms. The molecular weight excluding hydrogens is 228 g/mol. The summed E-state index contributed by atoms with van der Waals surface area (Å²) in [5.41, 5.74) is 1.08. The van der Waals surface area contributed by atoms with Crippen LogP contribution in [0.4, 0.5) is 11.5 Å². The number of amides is 1. The molecule has 2 aromatic heterocycles. The molecule has 18 heavy (non-hydrogen) atoms. The summed E-state index contributed by atoms with van der Waals surface area (Å²) in [4.78, 5) is 20.1. The Morgan fingerprint density at radius 1 is 1.22 bits per heavy atom. The molecule has 0 aliphatic heterocycles. The van der Waals surface area contributed by atoms with Crippen molar-refractivity contribution in [1.82, 2.24) is 9.97 Å². The summed E-state index contributed by atoms with van der Waals surface area (Å²) in [6, 6.07) is 8.76. The van der Waals surface area contributed by atoms with Crippen molar-refractivity contribution in [2.75, 3.05) is 17.2 Å². The Labute approximate surface area is 105 Å². The SMILES string of the molecule is CCNc1cccc(C(=O)Nc2ccncc2)n1. The van der Waals surface area contributed by atoms with Crippen molar-refractivity contribution < 1.29 is 4.79 Å². The van der Waals surface area contributed by atoms with Gasteiger partial charge in [0.2, 0.25) is 0 Å². The van der Waals surface area contributed by atoms with Gasteiger partial charge < -0.3 is 10.6 Å². The van der Waals surface area contributed by atoms with Gasteiger partial charge in [0.1, 0.15) is 11.5 Å². The quantitative estimate of drug-likeness (QED) is 0.862. The highest BCUT2D eigenvalue weighted by Crippen LogP contribution is 2.08. The molecule has 1 amide bonds. The van der Waals surface area contributed by atoms with E-state index in [-0.39, 0.29) is 5.91 Å². The van der Waals surface area contributed by atoms with Gasteiger partial charge in [-0.3, -0.25) is 9.78 Å². The molecule has 2 heterocycles. The number of nitrogens with one attached hydrogen (secondary N) is 2. The number of carbonyl (C=O) groups excluding carboxylic acids is 1. The number of rotatable bonds is 4. The van der Waals surface area contributed by atoms with Gasteiger partial charge in [-0.05, 0) is 31.2 Å². The summed E-state index contributed by atoms with van der Waals surface area (Å²) in [5.74, 6) is 0.459. The zero-order chi connectivity index (χ0) is 12.8. The molecule has 0 atom stereocenters. The second kappa shape index (κ2) is 5.77. The Kier molecular flexibility index (Phi) is 3.86. The van der Waals surface area contributed by atoms with Crippen LogP contribution < -0.4 is 10.6 Å². The van der Waals surface area contributed by atoms with Crippen molar-refractivity contribution in [2.45, 2.75) is 6.92 Å². The van der Waals surface area contributed by atoms with E-state index < -0.39 is 0 Å². The molecule has 0 saturated carbocycles. The van der Waals surface area contributed by atoms with Crippen LogP contribution in [0, 0.1) is 0 Å². The molecule has 5 nitrogen and oxygen atoms in total. The summed E-state index contributed by atoms with van der Waals surface area (Å²) in [6.07, 6.45) is 3.25. The molecule has 92 valence electrons. The van der Waals surface area contributed by atoms with E-state index in [1.807, 2.05) is 13.0 Å². The maximum Gasteiger partial charge on any atom is 0.274 e. The lowest BCUT2D eigenvalue weighted by molar-refractivity contribution is 0.102. The molecule has 2 N–H and O–H groups in total. The van der Waals surface area contributed by atoms with Crippen LogP contribution in [0.2, 0.25) is 0 Å². The van der Waals surface area contributed by atoms with E-state index in [9.17, 15) is 4.79 Å². The second-order valence-electron chi connectivity index (χ2n) is 3.63. The number of hydrogen-bond acceptors (Lipinski definition) is 4. The smallest absolute Gasteiger partial charge is 0.274 e. The third-order valence-corrected chi connectivity index (χ3v) is 2.28. The average Bonchev–Trinajstić information content (AvgIpc) is 2.40. The Morgan fingerprint density at radius 2 is 2.00 bits per heavy atom. The fourth-order valence-electron chi connectivity index (χ4n) is 1.47. The number of anilines is 2. The van der Waals surface area contributed by atoms with Crippen molar-refractivity contribution in [2.24, 2.45) is 0 Å². The van der Waals surface area contributed by atoms with E-state index in [1.165, 1.54) is 0 Å². The second-order valence-corrected chi connectivity index (χ2v) is 3.63. The lowest BCUT2D eigenvalue weighted by atomic mass is 10.3. The minimum Gasteiger partial charge on any atom is -0.370 e. The van der Waals surface area contributed by atoms with Crippen molar-refractivity contribution in [3.8, 4) is 0 Å². The van der Waals surface area contributed by atoms with E-state index in [1.54, 1.807) is 36.7 Å². The van der Waals surface area contributed by atoms with Gasteiger partial charge in [-0.1, -0.05) is 6.07 Å². The maximum absolute atomic E-state index is 11.9. The molecule has 0 aliphatic rings. The Bertz CT molecular complexity index is 528. The standard InChI is InChI=1S/C13H14N4O/c1-2-15-12-5-3-4-11(17-12)13(18)16-10-6-8-14-9-7-10/h3-9H,2H2,1H3,(H,15,17)(H,14,16,18). The van der Waals surface area contributed by atoms with Crippen molar-refractivity contribution in [1.29, 1.82) is 0 Å². The fourth-order valence-corrected chi connectivity index (χ4v) is 1.47. The van der Waals surface area contributed by atoms with Crippen molar-refractivity contribution in [3.63, 3.8) is 0 Å². The highest BCUT2D eigenvalue weighted by atomic mass is 16.1. The van der Waals surface area contributed by atoms with Gasteiger partial charge in [0.05, 0.1) is 0 Å². The largest absolute Gasteiger partial charge is 0.370 e. The number of carbonyl (C=O) groups is 1. The minimum atomic E-state index is -0.235. The zero-order valence-electron chi connectivity index (χ0n) is 10.1. The van der Waals surface area contributed by atoms with Gasteiger partial charge in [-0.25, -0.2) is 4.98 Å². The molecule has 0 saturated heterocycles. The van der Waals surface area contributed by atoms with E-state index in [2.05, 4.69) is 20.6 Å². The molecule has 2 rings (SSSR count). The number of nitrogens with zero attached hydrogens (tertiary/aromatic N) is 2. The van der Waals surface area contributed by atoms with Gasteiger partial charge in [0.15, 0.2) is 0 Å². The van der Waals surface area contributed by atoms with Crippen LogP contribution in [0.5, 0.6) is 0 Å². The zero-order valence-corrected chi connectivity index (χ0v) is 10.1. The lowest BCUT2D eigenvalue weighted by Crippen LogP contribution is -2.14.